The standard InChI is InChI=1S/C14H21N3O/c1-12(18)15-14(13-6-4-3-5-7-13)17-10-8-16(2)9-11-17/h3-7,14H,8-11H2,1-2H3,(H,15,18). The minimum Gasteiger partial charge on any atom is -0.337 e. The maximum absolute atomic E-state index is 11.4. The van der Waals surface area contributed by atoms with Gasteiger partial charge < -0.3 is 10.2 Å². The molecule has 0 bridgehead atoms. The molecule has 18 heavy (non-hydrogen) atoms. The predicted octanol–water partition coefficient (Wildman–Crippen LogP) is 1.07. The van der Waals surface area contributed by atoms with Crippen LogP contribution in [0.2, 0.25) is 0 Å². The van der Waals surface area contributed by atoms with Crippen molar-refractivity contribution in [2.24, 2.45) is 0 Å². The molecule has 1 unspecified atom stereocenters. The van der Waals surface area contributed by atoms with E-state index >= 15 is 0 Å². The van der Waals surface area contributed by atoms with Gasteiger partial charge in [-0.3, -0.25) is 9.69 Å². The zero-order chi connectivity index (χ0) is 13.0. The van der Waals surface area contributed by atoms with Crippen LogP contribution >= 0.6 is 0 Å². The molecule has 0 spiro atoms. The second kappa shape index (κ2) is 5.98. The molecule has 1 saturated heterocycles. The van der Waals surface area contributed by atoms with Crippen molar-refractivity contribution >= 4 is 5.91 Å². The number of hydrogen-bond donors (Lipinski definition) is 1. The molecule has 1 aliphatic rings. The Labute approximate surface area is 109 Å². The van der Waals surface area contributed by atoms with Gasteiger partial charge in [0.25, 0.3) is 0 Å². The van der Waals surface area contributed by atoms with Crippen LogP contribution in [-0.4, -0.2) is 48.9 Å². The summed E-state index contributed by atoms with van der Waals surface area (Å²) in [5.41, 5.74) is 1.15. The molecule has 1 amide bonds. The molecule has 1 atom stereocenters. The zero-order valence-corrected chi connectivity index (χ0v) is 11.1. The van der Waals surface area contributed by atoms with Gasteiger partial charge in [-0.2, -0.15) is 0 Å². The first kappa shape index (κ1) is 13.1. The molecule has 1 aromatic rings. The van der Waals surface area contributed by atoms with Crippen molar-refractivity contribution in [1.82, 2.24) is 15.1 Å². The lowest BCUT2D eigenvalue weighted by molar-refractivity contribution is -0.121. The Kier molecular flexibility index (Phi) is 4.33. The van der Waals surface area contributed by atoms with Gasteiger partial charge in [0.05, 0.1) is 0 Å². The van der Waals surface area contributed by atoms with Crippen LogP contribution in [0.3, 0.4) is 0 Å². The van der Waals surface area contributed by atoms with E-state index < -0.39 is 0 Å². The molecule has 1 fully saturated rings. The maximum Gasteiger partial charge on any atom is 0.218 e. The van der Waals surface area contributed by atoms with E-state index in [-0.39, 0.29) is 12.1 Å². The molecule has 0 saturated carbocycles. The summed E-state index contributed by atoms with van der Waals surface area (Å²) in [7, 11) is 2.13. The van der Waals surface area contributed by atoms with E-state index in [1.54, 1.807) is 6.92 Å². The number of carbonyl (C=O) groups excluding carboxylic acids is 1. The van der Waals surface area contributed by atoms with Crippen molar-refractivity contribution in [3.63, 3.8) is 0 Å². The number of carbonyl (C=O) groups is 1. The van der Waals surface area contributed by atoms with E-state index in [1.165, 1.54) is 0 Å². The fraction of sp³-hybridized carbons (Fsp3) is 0.500. The number of rotatable bonds is 3. The van der Waals surface area contributed by atoms with Crippen LogP contribution in [0.4, 0.5) is 0 Å². The first-order valence-corrected chi connectivity index (χ1v) is 6.41. The smallest absolute Gasteiger partial charge is 0.218 e. The zero-order valence-electron chi connectivity index (χ0n) is 11.1. The summed E-state index contributed by atoms with van der Waals surface area (Å²) in [6, 6.07) is 10.2. The topological polar surface area (TPSA) is 35.6 Å². The van der Waals surface area contributed by atoms with E-state index in [2.05, 4.69) is 34.3 Å². The van der Waals surface area contributed by atoms with Crippen LogP contribution in [0, 0.1) is 0 Å². The van der Waals surface area contributed by atoms with Gasteiger partial charge in [-0.25, -0.2) is 0 Å². The van der Waals surface area contributed by atoms with Gasteiger partial charge in [0, 0.05) is 33.1 Å². The van der Waals surface area contributed by atoms with Crippen molar-refractivity contribution in [3.05, 3.63) is 35.9 Å². The van der Waals surface area contributed by atoms with Gasteiger partial charge in [0.2, 0.25) is 5.91 Å². The summed E-state index contributed by atoms with van der Waals surface area (Å²) < 4.78 is 0. The van der Waals surface area contributed by atoms with Crippen molar-refractivity contribution in [2.45, 2.75) is 13.1 Å². The fourth-order valence-electron chi connectivity index (χ4n) is 2.29. The summed E-state index contributed by atoms with van der Waals surface area (Å²) in [4.78, 5) is 16.0. The van der Waals surface area contributed by atoms with Crippen LogP contribution in [-0.2, 0) is 4.79 Å². The molecular weight excluding hydrogens is 226 g/mol. The van der Waals surface area contributed by atoms with E-state index in [4.69, 9.17) is 0 Å². The van der Waals surface area contributed by atoms with Crippen molar-refractivity contribution in [2.75, 3.05) is 33.2 Å². The summed E-state index contributed by atoms with van der Waals surface area (Å²) in [6.45, 7) is 5.63. The van der Waals surface area contributed by atoms with E-state index in [0.29, 0.717) is 0 Å². The quantitative estimate of drug-likeness (QED) is 0.868. The first-order chi connectivity index (χ1) is 8.66. The molecule has 0 aliphatic carbocycles. The summed E-state index contributed by atoms with van der Waals surface area (Å²) in [5, 5.41) is 3.05. The Bertz CT molecular complexity index is 385. The highest BCUT2D eigenvalue weighted by atomic mass is 16.1. The minimum absolute atomic E-state index is 0.00241. The molecule has 1 aliphatic heterocycles. The van der Waals surface area contributed by atoms with Crippen LogP contribution < -0.4 is 5.32 Å². The highest BCUT2D eigenvalue weighted by Gasteiger charge is 2.24. The SMILES string of the molecule is CC(=O)NC(c1ccccc1)N1CCN(C)CC1. The molecule has 0 radical (unpaired) electrons. The Morgan fingerprint density at radius 2 is 1.78 bits per heavy atom. The summed E-state index contributed by atoms with van der Waals surface area (Å²) in [5.74, 6) is 0.0165. The highest BCUT2D eigenvalue weighted by molar-refractivity contribution is 5.73. The maximum atomic E-state index is 11.4. The number of benzene rings is 1. The Morgan fingerprint density at radius 3 is 2.33 bits per heavy atom. The van der Waals surface area contributed by atoms with Crippen LogP contribution in [0.25, 0.3) is 0 Å². The molecule has 2 rings (SSSR count). The molecule has 1 N–H and O–H groups in total. The molecule has 98 valence electrons. The molecule has 4 nitrogen and oxygen atoms in total. The molecule has 4 heteroatoms. The molecule has 1 heterocycles. The molecule has 1 aromatic carbocycles. The van der Waals surface area contributed by atoms with Crippen LogP contribution in [0.1, 0.15) is 18.7 Å². The van der Waals surface area contributed by atoms with Crippen molar-refractivity contribution < 1.29 is 4.79 Å². The van der Waals surface area contributed by atoms with E-state index in [0.717, 1.165) is 31.7 Å². The number of nitrogens with one attached hydrogen (secondary N) is 1. The van der Waals surface area contributed by atoms with E-state index in [1.807, 2.05) is 18.2 Å². The summed E-state index contributed by atoms with van der Waals surface area (Å²) >= 11 is 0. The fourth-order valence-corrected chi connectivity index (χ4v) is 2.29. The Balaban J connectivity index is 2.12. The van der Waals surface area contributed by atoms with Gasteiger partial charge in [0.15, 0.2) is 0 Å². The number of piperazine rings is 1. The normalized spacial score (nSPS) is 19.4. The van der Waals surface area contributed by atoms with Gasteiger partial charge in [-0.05, 0) is 12.6 Å². The number of amides is 1. The van der Waals surface area contributed by atoms with Crippen molar-refractivity contribution in [1.29, 1.82) is 0 Å². The number of likely N-dealkylation sites (N-methyl/N-ethyl adjacent to an activating group) is 1. The van der Waals surface area contributed by atoms with Gasteiger partial charge in [0.1, 0.15) is 6.17 Å². The lowest BCUT2D eigenvalue weighted by Crippen LogP contribution is -2.50. The first-order valence-electron chi connectivity index (χ1n) is 6.41. The van der Waals surface area contributed by atoms with Crippen LogP contribution in [0.15, 0.2) is 30.3 Å². The third-order valence-corrected chi connectivity index (χ3v) is 3.36. The number of hydrogen-bond acceptors (Lipinski definition) is 3. The van der Waals surface area contributed by atoms with E-state index in [9.17, 15) is 4.79 Å². The average Bonchev–Trinajstić information content (AvgIpc) is 2.38. The van der Waals surface area contributed by atoms with Gasteiger partial charge in [-0.15, -0.1) is 0 Å². The lowest BCUT2D eigenvalue weighted by Gasteiger charge is -2.38. The second-order valence-corrected chi connectivity index (χ2v) is 4.85. The monoisotopic (exact) mass is 247 g/mol. The third kappa shape index (κ3) is 3.31. The Hall–Kier alpha value is -1.39. The highest BCUT2D eigenvalue weighted by Crippen LogP contribution is 2.19. The van der Waals surface area contributed by atoms with Gasteiger partial charge >= 0.3 is 0 Å². The van der Waals surface area contributed by atoms with Crippen LogP contribution in [0.5, 0.6) is 0 Å². The van der Waals surface area contributed by atoms with Gasteiger partial charge in [-0.1, -0.05) is 30.3 Å². The lowest BCUT2D eigenvalue weighted by atomic mass is 10.1. The predicted molar refractivity (Wildman–Crippen MR) is 72.1 cm³/mol. The second-order valence-electron chi connectivity index (χ2n) is 4.85. The summed E-state index contributed by atoms with van der Waals surface area (Å²) in [6.07, 6.45) is -0.00241. The third-order valence-electron chi connectivity index (χ3n) is 3.36. The molecular formula is C14H21N3O. The Morgan fingerprint density at radius 1 is 1.17 bits per heavy atom. The molecule has 0 aromatic heterocycles. The van der Waals surface area contributed by atoms with Crippen molar-refractivity contribution in [3.8, 4) is 0 Å². The minimum atomic E-state index is -0.00241. The largest absolute Gasteiger partial charge is 0.337 e. The number of nitrogens with zero attached hydrogens (tertiary/aromatic N) is 2. The average molecular weight is 247 g/mol.